The largest absolute Gasteiger partial charge is 0.497 e. The van der Waals surface area contributed by atoms with Crippen molar-refractivity contribution in [3.63, 3.8) is 0 Å². The lowest BCUT2D eigenvalue weighted by Gasteiger charge is -2.06. The van der Waals surface area contributed by atoms with Gasteiger partial charge in [0.05, 0.1) is 22.7 Å². The van der Waals surface area contributed by atoms with Gasteiger partial charge in [0.25, 0.3) is 0 Å². The third kappa shape index (κ3) is 3.83. The molecule has 7 heteroatoms. The van der Waals surface area contributed by atoms with E-state index < -0.39 is 14.7 Å². The summed E-state index contributed by atoms with van der Waals surface area (Å²) in [5.41, 5.74) is 0.506. The summed E-state index contributed by atoms with van der Waals surface area (Å²) in [7, 11) is -2.44. The predicted molar refractivity (Wildman–Crippen MR) is 89.0 cm³/mol. The lowest BCUT2D eigenvalue weighted by atomic mass is 10.3. The Morgan fingerprint density at radius 2 is 1.87 bits per heavy atom. The van der Waals surface area contributed by atoms with E-state index in [-0.39, 0.29) is 4.90 Å². The average Bonchev–Trinajstić information content (AvgIpc) is 2.57. The molecule has 23 heavy (non-hydrogen) atoms. The number of para-hydroxylation sites is 1. The minimum atomic E-state index is -3.92. The highest BCUT2D eigenvalue weighted by Crippen LogP contribution is 2.24. The number of nitriles is 1. The monoisotopic (exact) mass is 348 g/mol. The maximum absolute atomic E-state index is 12.5. The smallest absolute Gasteiger partial charge is 0.218 e. The van der Waals surface area contributed by atoms with Crippen LogP contribution in [0.4, 0.5) is 5.69 Å². The minimum Gasteiger partial charge on any atom is -0.497 e. The minimum absolute atomic E-state index is 0.00654. The zero-order valence-corrected chi connectivity index (χ0v) is 13.7. The first-order valence-electron chi connectivity index (χ1n) is 6.49. The zero-order chi connectivity index (χ0) is 16.9. The topological polar surface area (TPSA) is 79.2 Å². The molecule has 0 spiro atoms. The molecule has 2 aromatic carbocycles. The molecule has 0 saturated heterocycles. The number of hydrogen-bond acceptors (Lipinski definition) is 5. The highest BCUT2D eigenvalue weighted by Gasteiger charge is 2.20. The summed E-state index contributed by atoms with van der Waals surface area (Å²) in [6.45, 7) is 0. The number of rotatable bonds is 5. The molecule has 0 aliphatic carbocycles. The number of hydrogen-bond donors (Lipinski definition) is 1. The number of anilines is 1. The Labute approximate surface area is 139 Å². The van der Waals surface area contributed by atoms with Crippen molar-refractivity contribution < 1.29 is 13.2 Å². The van der Waals surface area contributed by atoms with Crippen LogP contribution in [0.5, 0.6) is 5.75 Å². The van der Waals surface area contributed by atoms with Crippen molar-refractivity contribution in [1.29, 1.82) is 5.26 Å². The first kappa shape index (κ1) is 16.9. The standard InChI is InChI=1S/C16H13ClN2O3S/c1-22-12-6-8-13(9-7-12)23(20,21)14(10-18)11-19-16-5-3-2-4-15(16)17/h2-9,11,19H,1H3. The molecule has 0 saturated carbocycles. The van der Waals surface area contributed by atoms with Crippen molar-refractivity contribution >= 4 is 27.1 Å². The molecule has 0 amide bonds. The van der Waals surface area contributed by atoms with E-state index in [0.29, 0.717) is 16.5 Å². The second-order valence-electron chi connectivity index (χ2n) is 4.42. The Morgan fingerprint density at radius 3 is 2.43 bits per heavy atom. The van der Waals surface area contributed by atoms with Gasteiger partial charge >= 0.3 is 0 Å². The fourth-order valence-electron chi connectivity index (χ4n) is 1.77. The molecule has 0 fully saturated rings. The maximum Gasteiger partial charge on any atom is 0.218 e. The van der Waals surface area contributed by atoms with Gasteiger partial charge in [-0.3, -0.25) is 0 Å². The quantitative estimate of drug-likeness (QED) is 0.835. The second-order valence-corrected chi connectivity index (χ2v) is 6.75. The Kier molecular flexibility index (Phi) is 5.27. The summed E-state index contributed by atoms with van der Waals surface area (Å²) in [4.78, 5) is -0.408. The number of nitrogens with zero attached hydrogens (tertiary/aromatic N) is 1. The van der Waals surface area contributed by atoms with Crippen molar-refractivity contribution in [3.8, 4) is 11.8 Å². The van der Waals surface area contributed by atoms with Gasteiger partial charge in [0, 0.05) is 6.20 Å². The van der Waals surface area contributed by atoms with E-state index >= 15 is 0 Å². The first-order chi connectivity index (χ1) is 11.0. The van der Waals surface area contributed by atoms with E-state index in [0.717, 1.165) is 6.20 Å². The SMILES string of the molecule is COc1ccc(S(=O)(=O)C(C#N)=CNc2ccccc2Cl)cc1. The molecule has 0 bridgehead atoms. The molecule has 5 nitrogen and oxygen atoms in total. The summed E-state index contributed by atoms with van der Waals surface area (Å²) >= 11 is 5.98. The maximum atomic E-state index is 12.5. The number of methoxy groups -OCH3 is 1. The number of allylic oxidation sites excluding steroid dienone is 1. The highest BCUT2D eigenvalue weighted by molar-refractivity contribution is 7.95. The van der Waals surface area contributed by atoms with E-state index in [1.165, 1.54) is 31.4 Å². The third-order valence-corrected chi connectivity index (χ3v) is 5.01. The summed E-state index contributed by atoms with van der Waals surface area (Å²) in [6, 6.07) is 14.3. The van der Waals surface area contributed by atoms with Gasteiger partial charge in [0.15, 0.2) is 4.91 Å². The van der Waals surface area contributed by atoms with Crippen LogP contribution in [0.25, 0.3) is 0 Å². The molecule has 0 unspecified atom stereocenters. The second kappa shape index (κ2) is 7.18. The van der Waals surface area contributed by atoms with Crippen LogP contribution < -0.4 is 10.1 Å². The van der Waals surface area contributed by atoms with Gasteiger partial charge in [0.1, 0.15) is 11.8 Å². The molecular weight excluding hydrogens is 336 g/mol. The Balaban J connectivity index is 2.33. The Bertz CT molecular complexity index is 869. The number of sulfone groups is 1. The summed E-state index contributed by atoms with van der Waals surface area (Å²) in [5, 5.41) is 12.3. The van der Waals surface area contributed by atoms with E-state index in [1.807, 2.05) is 0 Å². The van der Waals surface area contributed by atoms with E-state index in [2.05, 4.69) is 5.32 Å². The molecule has 118 valence electrons. The van der Waals surface area contributed by atoms with Gasteiger partial charge in [0.2, 0.25) is 9.84 Å². The van der Waals surface area contributed by atoms with Gasteiger partial charge in [-0.15, -0.1) is 0 Å². The van der Waals surface area contributed by atoms with E-state index in [4.69, 9.17) is 16.3 Å². The fourth-order valence-corrected chi connectivity index (χ4v) is 3.05. The number of ether oxygens (including phenoxy) is 1. The van der Waals surface area contributed by atoms with Crippen molar-refractivity contribution in [3.05, 3.63) is 64.7 Å². The van der Waals surface area contributed by atoms with Crippen LogP contribution in [0, 0.1) is 11.3 Å². The molecule has 0 atom stereocenters. The van der Waals surface area contributed by atoms with Crippen LogP contribution in [-0.4, -0.2) is 15.5 Å². The average molecular weight is 349 g/mol. The van der Waals surface area contributed by atoms with Crippen molar-refractivity contribution in [2.45, 2.75) is 4.90 Å². The fraction of sp³-hybridized carbons (Fsp3) is 0.0625. The Morgan fingerprint density at radius 1 is 1.22 bits per heavy atom. The van der Waals surface area contributed by atoms with Crippen molar-refractivity contribution in [2.75, 3.05) is 12.4 Å². The molecule has 0 radical (unpaired) electrons. The number of halogens is 1. The van der Waals surface area contributed by atoms with Gasteiger partial charge < -0.3 is 10.1 Å². The van der Waals surface area contributed by atoms with Crippen LogP contribution >= 0.6 is 11.6 Å². The third-order valence-electron chi connectivity index (χ3n) is 3.00. The molecule has 1 N–H and O–H groups in total. The molecule has 0 aliphatic rings. The predicted octanol–water partition coefficient (Wildman–Crippen LogP) is 3.60. The lowest BCUT2D eigenvalue weighted by molar-refractivity contribution is 0.414. The Hall–Kier alpha value is -2.49. The highest BCUT2D eigenvalue weighted by atomic mass is 35.5. The van der Waals surface area contributed by atoms with Gasteiger partial charge in [-0.25, -0.2) is 8.42 Å². The van der Waals surface area contributed by atoms with E-state index in [9.17, 15) is 13.7 Å². The van der Waals surface area contributed by atoms with Crippen LogP contribution in [0.15, 0.2) is 64.5 Å². The normalized spacial score (nSPS) is 11.6. The molecule has 2 aromatic rings. The van der Waals surface area contributed by atoms with Gasteiger partial charge in [-0.2, -0.15) is 5.26 Å². The molecule has 0 aliphatic heterocycles. The zero-order valence-electron chi connectivity index (χ0n) is 12.2. The van der Waals surface area contributed by atoms with Crippen LogP contribution in [0.3, 0.4) is 0 Å². The van der Waals surface area contributed by atoms with Crippen LogP contribution in [0.1, 0.15) is 0 Å². The van der Waals surface area contributed by atoms with E-state index in [1.54, 1.807) is 30.3 Å². The van der Waals surface area contributed by atoms with Crippen molar-refractivity contribution in [2.24, 2.45) is 0 Å². The molecule has 0 aromatic heterocycles. The number of benzene rings is 2. The van der Waals surface area contributed by atoms with Crippen LogP contribution in [-0.2, 0) is 9.84 Å². The summed E-state index contributed by atoms with van der Waals surface area (Å²) in [5.74, 6) is 0.528. The summed E-state index contributed by atoms with van der Waals surface area (Å²) in [6.07, 6.45) is 1.13. The summed E-state index contributed by atoms with van der Waals surface area (Å²) < 4.78 is 29.9. The molecule has 0 heterocycles. The van der Waals surface area contributed by atoms with Crippen molar-refractivity contribution in [1.82, 2.24) is 0 Å². The number of nitrogens with one attached hydrogen (secondary N) is 1. The molecule has 2 rings (SSSR count). The molecular formula is C16H13ClN2O3S. The van der Waals surface area contributed by atoms with Gasteiger partial charge in [-0.05, 0) is 36.4 Å². The lowest BCUT2D eigenvalue weighted by Crippen LogP contribution is -2.05. The van der Waals surface area contributed by atoms with Gasteiger partial charge in [-0.1, -0.05) is 23.7 Å². The first-order valence-corrected chi connectivity index (χ1v) is 8.35. The van der Waals surface area contributed by atoms with Crippen LogP contribution in [0.2, 0.25) is 5.02 Å².